The summed E-state index contributed by atoms with van der Waals surface area (Å²) in [6.45, 7) is 0. The molecule has 0 saturated heterocycles. The van der Waals surface area contributed by atoms with Crippen LogP contribution in [0, 0.1) is 0 Å². The molecule has 0 aliphatic heterocycles. The number of nitrogens with zero attached hydrogens (tertiary/aromatic N) is 1. The van der Waals surface area contributed by atoms with Crippen LogP contribution in [0.3, 0.4) is 0 Å². The summed E-state index contributed by atoms with van der Waals surface area (Å²) in [6, 6.07) is 13.2. The standard InChI is InChI=1S/C14H11ClN2O2/c15-13-7-2-1-4-11(13)9-16-17-14(19)10-5-3-6-12(18)8-10/h1-9,18H,(H,17,19)/b16-9+. The van der Waals surface area contributed by atoms with Crippen LogP contribution in [-0.4, -0.2) is 17.2 Å². The molecule has 96 valence electrons. The molecule has 0 radical (unpaired) electrons. The Morgan fingerprint density at radius 2 is 2.00 bits per heavy atom. The predicted molar refractivity (Wildman–Crippen MR) is 74.6 cm³/mol. The average Bonchev–Trinajstić information content (AvgIpc) is 2.41. The number of hydrogen-bond acceptors (Lipinski definition) is 3. The van der Waals surface area contributed by atoms with Crippen molar-refractivity contribution in [2.45, 2.75) is 0 Å². The minimum absolute atomic E-state index is 0.0303. The van der Waals surface area contributed by atoms with Crippen LogP contribution >= 0.6 is 11.6 Å². The molecule has 0 heterocycles. The number of aromatic hydroxyl groups is 1. The third kappa shape index (κ3) is 3.56. The Morgan fingerprint density at radius 1 is 1.21 bits per heavy atom. The Hall–Kier alpha value is -2.33. The molecule has 2 aromatic carbocycles. The zero-order chi connectivity index (χ0) is 13.7. The van der Waals surface area contributed by atoms with Crippen molar-refractivity contribution in [3.63, 3.8) is 0 Å². The van der Waals surface area contributed by atoms with E-state index in [9.17, 15) is 9.90 Å². The van der Waals surface area contributed by atoms with Gasteiger partial charge in [0.15, 0.2) is 0 Å². The Bertz CT molecular complexity index is 626. The maximum Gasteiger partial charge on any atom is 0.271 e. The minimum atomic E-state index is -0.404. The van der Waals surface area contributed by atoms with Crippen molar-refractivity contribution in [2.24, 2.45) is 5.10 Å². The number of phenols is 1. The third-order valence-electron chi connectivity index (χ3n) is 2.38. The maximum atomic E-state index is 11.7. The lowest BCUT2D eigenvalue weighted by molar-refractivity contribution is 0.0954. The first kappa shape index (κ1) is 13.1. The van der Waals surface area contributed by atoms with Gasteiger partial charge in [-0.05, 0) is 24.3 Å². The van der Waals surface area contributed by atoms with Crippen LogP contribution in [0.2, 0.25) is 5.02 Å². The van der Waals surface area contributed by atoms with Gasteiger partial charge in [-0.2, -0.15) is 5.10 Å². The van der Waals surface area contributed by atoms with Crippen LogP contribution in [0.4, 0.5) is 0 Å². The van der Waals surface area contributed by atoms with Gasteiger partial charge in [-0.15, -0.1) is 0 Å². The SMILES string of the molecule is O=C(N/N=C/c1ccccc1Cl)c1cccc(O)c1. The van der Waals surface area contributed by atoms with Gasteiger partial charge < -0.3 is 5.11 Å². The van der Waals surface area contributed by atoms with Crippen molar-refractivity contribution < 1.29 is 9.90 Å². The average molecular weight is 275 g/mol. The minimum Gasteiger partial charge on any atom is -0.508 e. The Kier molecular flexibility index (Phi) is 4.15. The van der Waals surface area contributed by atoms with Gasteiger partial charge in [0.1, 0.15) is 5.75 Å². The summed E-state index contributed by atoms with van der Waals surface area (Å²) >= 11 is 5.94. The van der Waals surface area contributed by atoms with Gasteiger partial charge in [-0.3, -0.25) is 4.79 Å². The van der Waals surface area contributed by atoms with Gasteiger partial charge in [-0.1, -0.05) is 35.9 Å². The van der Waals surface area contributed by atoms with E-state index in [0.29, 0.717) is 16.1 Å². The molecule has 0 unspecified atom stereocenters. The fraction of sp³-hybridized carbons (Fsp3) is 0. The number of carbonyl (C=O) groups is 1. The summed E-state index contributed by atoms with van der Waals surface area (Å²) in [6.07, 6.45) is 1.46. The van der Waals surface area contributed by atoms with E-state index in [2.05, 4.69) is 10.5 Å². The molecule has 0 saturated carbocycles. The second-order valence-corrected chi connectivity index (χ2v) is 4.18. The highest BCUT2D eigenvalue weighted by molar-refractivity contribution is 6.33. The molecule has 0 spiro atoms. The van der Waals surface area contributed by atoms with Gasteiger partial charge in [0.2, 0.25) is 0 Å². The van der Waals surface area contributed by atoms with Gasteiger partial charge in [-0.25, -0.2) is 5.43 Å². The number of hydrogen-bond donors (Lipinski definition) is 2. The van der Waals surface area contributed by atoms with Crippen molar-refractivity contribution in [1.82, 2.24) is 5.43 Å². The van der Waals surface area contributed by atoms with Crippen LogP contribution in [0.5, 0.6) is 5.75 Å². The second-order valence-electron chi connectivity index (χ2n) is 3.77. The summed E-state index contributed by atoms with van der Waals surface area (Å²) in [4.78, 5) is 11.7. The van der Waals surface area contributed by atoms with Crippen molar-refractivity contribution >= 4 is 23.7 Å². The Morgan fingerprint density at radius 3 is 2.74 bits per heavy atom. The number of halogens is 1. The largest absolute Gasteiger partial charge is 0.508 e. The lowest BCUT2D eigenvalue weighted by Crippen LogP contribution is -2.17. The fourth-order valence-electron chi connectivity index (χ4n) is 1.45. The summed E-state index contributed by atoms with van der Waals surface area (Å²) in [7, 11) is 0. The number of rotatable bonds is 3. The van der Waals surface area contributed by atoms with Gasteiger partial charge in [0.05, 0.1) is 6.21 Å². The molecular weight excluding hydrogens is 264 g/mol. The molecule has 0 atom stereocenters. The number of benzene rings is 2. The first-order valence-electron chi connectivity index (χ1n) is 5.54. The van der Waals surface area contributed by atoms with E-state index in [1.165, 1.54) is 18.3 Å². The normalized spacial score (nSPS) is 10.6. The van der Waals surface area contributed by atoms with E-state index in [4.69, 9.17) is 11.6 Å². The molecule has 4 nitrogen and oxygen atoms in total. The second kappa shape index (κ2) is 6.02. The molecule has 5 heteroatoms. The van der Waals surface area contributed by atoms with Crippen LogP contribution in [0.15, 0.2) is 53.6 Å². The molecule has 19 heavy (non-hydrogen) atoms. The zero-order valence-electron chi connectivity index (χ0n) is 9.88. The Balaban J connectivity index is 2.03. The Labute approximate surface area is 115 Å². The number of hydrazone groups is 1. The van der Waals surface area contributed by atoms with Gasteiger partial charge >= 0.3 is 0 Å². The maximum absolute atomic E-state index is 11.7. The summed E-state index contributed by atoms with van der Waals surface area (Å²) in [5, 5.41) is 13.6. The van der Waals surface area contributed by atoms with E-state index in [1.54, 1.807) is 24.3 Å². The highest BCUT2D eigenvalue weighted by Gasteiger charge is 2.04. The first-order chi connectivity index (χ1) is 9.16. The van der Waals surface area contributed by atoms with E-state index < -0.39 is 5.91 Å². The monoisotopic (exact) mass is 274 g/mol. The summed E-state index contributed by atoms with van der Waals surface area (Å²) in [5.74, 6) is -0.373. The molecular formula is C14H11ClN2O2. The van der Waals surface area contributed by atoms with Crippen molar-refractivity contribution in [3.8, 4) is 5.75 Å². The quantitative estimate of drug-likeness (QED) is 0.668. The molecule has 0 aromatic heterocycles. The molecule has 1 amide bonds. The van der Waals surface area contributed by atoms with E-state index in [0.717, 1.165) is 0 Å². The molecule has 0 fully saturated rings. The van der Waals surface area contributed by atoms with E-state index >= 15 is 0 Å². The molecule has 0 aliphatic rings. The number of amides is 1. The van der Waals surface area contributed by atoms with Crippen molar-refractivity contribution in [3.05, 3.63) is 64.7 Å². The van der Waals surface area contributed by atoms with Crippen molar-refractivity contribution in [2.75, 3.05) is 0 Å². The van der Waals surface area contributed by atoms with Gasteiger partial charge in [0, 0.05) is 16.1 Å². The molecule has 0 aliphatic carbocycles. The third-order valence-corrected chi connectivity index (χ3v) is 2.73. The number of phenolic OH excluding ortho intramolecular Hbond substituents is 1. The predicted octanol–water partition coefficient (Wildman–Crippen LogP) is 2.81. The molecule has 2 rings (SSSR count). The van der Waals surface area contributed by atoms with Crippen LogP contribution in [-0.2, 0) is 0 Å². The van der Waals surface area contributed by atoms with E-state index in [1.807, 2.05) is 12.1 Å². The smallest absolute Gasteiger partial charge is 0.271 e. The molecule has 2 aromatic rings. The van der Waals surface area contributed by atoms with Gasteiger partial charge in [0.25, 0.3) is 5.91 Å². The first-order valence-corrected chi connectivity index (χ1v) is 5.91. The lowest BCUT2D eigenvalue weighted by Gasteiger charge is -2.00. The highest BCUT2D eigenvalue weighted by Crippen LogP contribution is 2.12. The summed E-state index contributed by atoms with van der Waals surface area (Å²) < 4.78 is 0. The zero-order valence-corrected chi connectivity index (χ0v) is 10.6. The topological polar surface area (TPSA) is 61.7 Å². The van der Waals surface area contributed by atoms with Crippen LogP contribution < -0.4 is 5.43 Å². The fourth-order valence-corrected chi connectivity index (χ4v) is 1.64. The van der Waals surface area contributed by atoms with E-state index in [-0.39, 0.29) is 5.75 Å². The molecule has 0 bridgehead atoms. The number of nitrogens with one attached hydrogen (secondary N) is 1. The van der Waals surface area contributed by atoms with Crippen LogP contribution in [0.1, 0.15) is 15.9 Å². The summed E-state index contributed by atoms with van der Waals surface area (Å²) in [5.41, 5.74) is 3.40. The van der Waals surface area contributed by atoms with Crippen LogP contribution in [0.25, 0.3) is 0 Å². The lowest BCUT2D eigenvalue weighted by atomic mass is 10.2. The highest BCUT2D eigenvalue weighted by atomic mass is 35.5. The molecule has 2 N–H and O–H groups in total. The number of carbonyl (C=O) groups excluding carboxylic acids is 1. The van der Waals surface area contributed by atoms with Crippen molar-refractivity contribution in [1.29, 1.82) is 0 Å².